The van der Waals surface area contributed by atoms with Crippen LogP contribution < -0.4 is 0 Å². The lowest BCUT2D eigenvalue weighted by atomic mass is 9.83. The van der Waals surface area contributed by atoms with Gasteiger partial charge in [0, 0.05) is 11.1 Å². The molecule has 4 nitrogen and oxygen atoms in total. The van der Waals surface area contributed by atoms with Gasteiger partial charge < -0.3 is 0 Å². The van der Waals surface area contributed by atoms with Gasteiger partial charge in [-0.05, 0) is 205 Å². The zero-order chi connectivity index (χ0) is 46.3. The van der Waals surface area contributed by atoms with Crippen LogP contribution in [0.5, 0.6) is 0 Å². The number of fused-ring (bicyclic) bond motifs is 14. The van der Waals surface area contributed by atoms with E-state index in [4.69, 9.17) is 13.1 Å². The van der Waals surface area contributed by atoms with E-state index >= 15 is 0 Å². The summed E-state index contributed by atoms with van der Waals surface area (Å²) in [5, 5.41) is 45.2. The van der Waals surface area contributed by atoms with Crippen molar-refractivity contribution < 1.29 is 0 Å². The second-order valence-electron chi connectivity index (χ2n) is 18.9. The van der Waals surface area contributed by atoms with Gasteiger partial charge in [0.1, 0.15) is 0 Å². The topological polar surface area (TPSA) is 56.3 Å². The molecule has 0 amide bonds. The van der Waals surface area contributed by atoms with Gasteiger partial charge in [-0.3, -0.25) is 0 Å². The van der Waals surface area contributed by atoms with Crippen LogP contribution in [0.1, 0.15) is 11.1 Å². The predicted octanol–water partition coefficient (Wildman–Crippen LogP) is 18.5. The highest BCUT2D eigenvalue weighted by Crippen LogP contribution is 2.59. The van der Waals surface area contributed by atoms with Gasteiger partial charge in [0.2, 0.25) is 0 Å². The van der Waals surface area contributed by atoms with Gasteiger partial charge in [-0.25, -0.2) is 9.69 Å². The van der Waals surface area contributed by atoms with Crippen LogP contribution in [0.4, 0.5) is 11.4 Å². The van der Waals surface area contributed by atoms with Gasteiger partial charge in [-0.15, -0.1) is 0 Å². The monoisotopic (exact) mass is 876 g/mol. The van der Waals surface area contributed by atoms with E-state index in [0.717, 1.165) is 86.9 Å². The molecule has 0 unspecified atom stereocenters. The summed E-state index contributed by atoms with van der Waals surface area (Å²) < 4.78 is 0. The van der Waals surface area contributed by atoms with Gasteiger partial charge >= 0.3 is 0 Å². The van der Waals surface area contributed by atoms with Gasteiger partial charge in [0.25, 0.3) is 0 Å². The van der Waals surface area contributed by atoms with Crippen LogP contribution in [-0.2, 0) is 0 Å². The summed E-state index contributed by atoms with van der Waals surface area (Å²) in [4.78, 5) is 8.29. The molecule has 0 atom stereocenters. The van der Waals surface area contributed by atoms with Gasteiger partial charge in [0.05, 0.1) is 25.3 Å². The summed E-state index contributed by atoms with van der Waals surface area (Å²) in [5.74, 6) is 0. The maximum absolute atomic E-state index is 10.1. The number of hydrogen-bond donors (Lipinski definition) is 0. The molecule has 4 heteroatoms. The molecule has 15 aromatic rings. The van der Waals surface area contributed by atoms with Crippen LogP contribution in [0.15, 0.2) is 170 Å². The van der Waals surface area contributed by atoms with Crippen LogP contribution in [0.2, 0.25) is 0 Å². The molecule has 15 aromatic carbocycles. The van der Waals surface area contributed by atoms with E-state index in [0.29, 0.717) is 22.5 Å². The number of hydrogen-bond acceptors (Lipinski definition) is 2. The first-order valence-electron chi connectivity index (χ1n) is 23.3. The number of nitrogens with zero attached hydrogens (tertiary/aromatic N) is 4. The number of benzene rings is 13. The van der Waals surface area contributed by atoms with Crippen molar-refractivity contribution in [1.29, 1.82) is 10.5 Å². The first kappa shape index (κ1) is 37.0. The van der Waals surface area contributed by atoms with Crippen molar-refractivity contribution in [2.75, 3.05) is 0 Å². The molecular weight excluding hydrogens is 849 g/mol. The van der Waals surface area contributed by atoms with Crippen molar-refractivity contribution in [3.05, 3.63) is 204 Å². The maximum atomic E-state index is 10.1. The van der Waals surface area contributed by atoms with Crippen LogP contribution in [0.25, 0.3) is 173 Å². The Morgan fingerprint density at radius 2 is 0.714 bits per heavy atom. The first-order valence-corrected chi connectivity index (χ1v) is 23.3. The lowest BCUT2D eigenvalue weighted by Gasteiger charge is -2.20. The third-order valence-corrected chi connectivity index (χ3v) is 15.9. The predicted molar refractivity (Wildman–Crippen MR) is 290 cm³/mol. The van der Waals surface area contributed by atoms with Crippen LogP contribution in [0, 0.1) is 35.8 Å². The fraction of sp³-hybridized carbons (Fsp3) is 0. The summed E-state index contributed by atoms with van der Waals surface area (Å²) in [6.07, 6.45) is 0. The molecule has 0 bridgehead atoms. The molecule has 0 fully saturated rings. The van der Waals surface area contributed by atoms with Crippen molar-refractivity contribution in [3.63, 3.8) is 0 Å². The van der Waals surface area contributed by atoms with E-state index in [9.17, 15) is 10.5 Å². The van der Waals surface area contributed by atoms with Crippen molar-refractivity contribution in [2.45, 2.75) is 0 Å². The Kier molecular flexibility index (Phi) is 6.81. The highest BCUT2D eigenvalue weighted by molar-refractivity contribution is 6.49. The Bertz CT molecular complexity index is 5070. The molecule has 0 radical (unpaired) electrons. The van der Waals surface area contributed by atoms with E-state index in [2.05, 4.69) is 155 Å². The van der Waals surface area contributed by atoms with Crippen molar-refractivity contribution in [3.8, 4) is 56.6 Å². The lowest BCUT2D eigenvalue weighted by Crippen LogP contribution is -1.92. The molecule has 0 spiro atoms. The molecule has 1 aliphatic rings. The SMILES string of the molecule is [C-]#[N+]c1cc(C#N)ccc1-c1c2cc3c4ccccc4c4cccc(c2c(-c2ccc(C#N)cc2[N+]#[C-])c2c5ccc6c7ccc8c9c(ccc(c%10ccc(c12)c5c%106)c97)-c1cc2ccccc2cc1-8)c43. The third kappa shape index (κ3) is 4.34. The molecule has 0 saturated heterocycles. The van der Waals surface area contributed by atoms with Crippen molar-refractivity contribution in [1.82, 2.24) is 0 Å². The molecular formula is C66H28N4. The van der Waals surface area contributed by atoms with Crippen LogP contribution >= 0.6 is 0 Å². The fourth-order valence-corrected chi connectivity index (χ4v) is 13.2. The van der Waals surface area contributed by atoms with E-state index in [1.807, 2.05) is 24.3 Å². The quantitative estimate of drug-likeness (QED) is 0.0987. The Hall–Kier alpha value is -10.1. The van der Waals surface area contributed by atoms with Gasteiger partial charge in [-0.1, -0.05) is 127 Å². The molecule has 0 saturated carbocycles. The molecule has 70 heavy (non-hydrogen) atoms. The molecule has 312 valence electrons. The van der Waals surface area contributed by atoms with Crippen LogP contribution in [0.3, 0.4) is 0 Å². The van der Waals surface area contributed by atoms with Crippen molar-refractivity contribution >= 4 is 130 Å². The molecule has 0 N–H and O–H groups in total. The lowest BCUT2D eigenvalue weighted by molar-refractivity contribution is 1.49. The van der Waals surface area contributed by atoms with E-state index < -0.39 is 0 Å². The fourth-order valence-electron chi connectivity index (χ4n) is 13.2. The Balaban J connectivity index is 1.15. The number of nitriles is 2. The largest absolute Gasteiger partial charge is 0.237 e. The van der Waals surface area contributed by atoms with E-state index in [-0.39, 0.29) is 0 Å². The van der Waals surface area contributed by atoms with Crippen molar-refractivity contribution in [2.24, 2.45) is 0 Å². The summed E-state index contributed by atoms with van der Waals surface area (Å²) in [6, 6.07) is 64.8. The van der Waals surface area contributed by atoms with Gasteiger partial charge in [0.15, 0.2) is 11.4 Å². The normalized spacial score (nSPS) is 12.2. The smallest absolute Gasteiger partial charge is 0.196 e. The minimum Gasteiger partial charge on any atom is -0.237 e. The highest BCUT2D eigenvalue weighted by atomic mass is 14.7. The zero-order valence-corrected chi connectivity index (χ0v) is 37.0. The Morgan fingerprint density at radius 3 is 1.30 bits per heavy atom. The highest BCUT2D eigenvalue weighted by Gasteiger charge is 2.31. The zero-order valence-electron chi connectivity index (χ0n) is 37.0. The minimum absolute atomic E-state index is 0.401. The van der Waals surface area contributed by atoms with Gasteiger partial charge in [-0.2, -0.15) is 10.5 Å². The average molecular weight is 877 g/mol. The summed E-state index contributed by atoms with van der Waals surface area (Å²) >= 11 is 0. The van der Waals surface area contributed by atoms with Crippen LogP contribution in [-0.4, -0.2) is 0 Å². The van der Waals surface area contributed by atoms with E-state index in [1.165, 1.54) is 76.1 Å². The second-order valence-corrected chi connectivity index (χ2v) is 18.9. The third-order valence-electron chi connectivity index (χ3n) is 15.9. The molecule has 0 heterocycles. The first-order chi connectivity index (χ1) is 34.6. The molecule has 0 aromatic heterocycles. The summed E-state index contributed by atoms with van der Waals surface area (Å²) in [5.41, 5.74) is 10.1. The average Bonchev–Trinajstić information content (AvgIpc) is 4.04. The summed E-state index contributed by atoms with van der Waals surface area (Å²) in [6.45, 7) is 17.3. The van der Waals surface area contributed by atoms with E-state index in [1.54, 1.807) is 12.1 Å². The Labute approximate surface area is 398 Å². The molecule has 0 aliphatic heterocycles. The standard InChI is InChI=1S/C66H28N4/c1-69-55-26-33(31-67)14-16-46(55)61-54-30-53-38-11-6-5-10-37(38)39-12-7-13-48(57(39)53)63(54)64(47-17-15-34(32-68)27-56(47)70-2)66-50-25-23-43-41-19-21-45-52-29-36-9-4-3-8-35(36)28-51(52)44-20-18-40(58(41)60(44)45)42-22-24-49(65(61)66)62(50)59(42)43/h3-30H. The molecule has 16 rings (SSSR count). The molecule has 1 aliphatic carbocycles. The minimum atomic E-state index is 0.401. The Morgan fingerprint density at radius 1 is 0.286 bits per heavy atom. The second kappa shape index (κ2) is 12.9. The summed E-state index contributed by atoms with van der Waals surface area (Å²) in [7, 11) is 0. The maximum Gasteiger partial charge on any atom is 0.196 e. The number of rotatable bonds is 2.